The Kier molecular flexibility index (Phi) is 6.11. The first-order chi connectivity index (χ1) is 11.5. The fourth-order valence-corrected chi connectivity index (χ4v) is 3.10. The Balaban J connectivity index is 2.01. The van der Waals surface area contributed by atoms with Crippen molar-refractivity contribution in [2.45, 2.75) is 38.0 Å². The summed E-state index contributed by atoms with van der Waals surface area (Å²) >= 11 is 0. The Morgan fingerprint density at radius 2 is 1.50 bits per heavy atom. The van der Waals surface area contributed by atoms with Gasteiger partial charge in [-0.25, -0.2) is 8.42 Å². The molecule has 2 aromatic rings. The quantitative estimate of drug-likeness (QED) is 0.757. The number of hydrogen-bond acceptors (Lipinski definition) is 3. The van der Waals surface area contributed by atoms with E-state index >= 15 is 0 Å². The van der Waals surface area contributed by atoms with Crippen LogP contribution in [0.1, 0.15) is 41.8 Å². The van der Waals surface area contributed by atoms with Gasteiger partial charge in [-0.15, -0.1) is 4.83 Å². The molecule has 0 bridgehead atoms. The van der Waals surface area contributed by atoms with Crippen molar-refractivity contribution in [3.63, 3.8) is 0 Å². The van der Waals surface area contributed by atoms with Gasteiger partial charge in [-0.05, 0) is 48.2 Å². The van der Waals surface area contributed by atoms with Crippen molar-refractivity contribution in [1.82, 2.24) is 10.3 Å². The average Bonchev–Trinajstić information content (AvgIpc) is 2.60. The molecule has 1 amide bonds. The molecule has 24 heavy (non-hydrogen) atoms. The zero-order chi connectivity index (χ0) is 17.6. The SMILES string of the molecule is CCCc1ccc(S(=O)(=O)NNC(=O)c2ccc(CC)cc2)cc1. The molecule has 0 unspecified atom stereocenters. The predicted octanol–water partition coefficient (Wildman–Crippen LogP) is 2.82. The fraction of sp³-hybridized carbons (Fsp3) is 0.278. The number of sulfonamides is 1. The molecule has 5 nitrogen and oxygen atoms in total. The second-order valence-electron chi connectivity index (χ2n) is 5.50. The lowest BCUT2D eigenvalue weighted by Crippen LogP contribution is -2.41. The summed E-state index contributed by atoms with van der Waals surface area (Å²) in [5, 5.41) is 0. The largest absolute Gasteiger partial charge is 0.273 e. The molecule has 0 aliphatic heterocycles. The van der Waals surface area contributed by atoms with Crippen LogP contribution in [0, 0.1) is 0 Å². The van der Waals surface area contributed by atoms with Crippen LogP contribution in [0.4, 0.5) is 0 Å². The van der Waals surface area contributed by atoms with Crippen LogP contribution in [0.25, 0.3) is 0 Å². The van der Waals surface area contributed by atoms with Crippen molar-refractivity contribution in [3.05, 3.63) is 65.2 Å². The number of nitrogens with one attached hydrogen (secondary N) is 2. The minimum Gasteiger partial charge on any atom is -0.273 e. The van der Waals surface area contributed by atoms with Gasteiger partial charge in [-0.1, -0.05) is 44.5 Å². The Morgan fingerprint density at radius 3 is 2.04 bits per heavy atom. The maximum Gasteiger partial charge on any atom is 0.266 e. The minimum absolute atomic E-state index is 0.115. The standard InChI is InChI=1S/C18H22N2O3S/c1-3-5-15-8-12-17(13-9-15)24(22,23)20-19-18(21)16-10-6-14(4-2)7-11-16/h6-13,20H,3-5H2,1-2H3,(H,19,21). The summed E-state index contributed by atoms with van der Waals surface area (Å²) in [5.74, 6) is -0.496. The van der Waals surface area contributed by atoms with E-state index in [0.29, 0.717) is 5.56 Å². The van der Waals surface area contributed by atoms with E-state index in [4.69, 9.17) is 0 Å². The lowest BCUT2D eigenvalue weighted by Gasteiger charge is -2.09. The number of amides is 1. The molecule has 0 heterocycles. The highest BCUT2D eigenvalue weighted by Crippen LogP contribution is 2.11. The summed E-state index contributed by atoms with van der Waals surface area (Å²) in [6.07, 6.45) is 2.78. The van der Waals surface area contributed by atoms with Crippen LogP contribution in [0.15, 0.2) is 53.4 Å². The van der Waals surface area contributed by atoms with Gasteiger partial charge >= 0.3 is 0 Å². The van der Waals surface area contributed by atoms with E-state index in [1.54, 1.807) is 24.3 Å². The van der Waals surface area contributed by atoms with E-state index in [2.05, 4.69) is 17.2 Å². The first kappa shape index (κ1) is 18.2. The zero-order valence-electron chi connectivity index (χ0n) is 13.9. The van der Waals surface area contributed by atoms with Crippen LogP contribution < -0.4 is 10.3 Å². The number of aryl methyl sites for hydroxylation is 2. The van der Waals surface area contributed by atoms with Gasteiger partial charge in [0.05, 0.1) is 4.90 Å². The highest BCUT2D eigenvalue weighted by molar-refractivity contribution is 7.89. The first-order valence-corrected chi connectivity index (χ1v) is 9.44. The summed E-state index contributed by atoms with van der Waals surface area (Å²) in [6.45, 7) is 4.09. The molecule has 0 radical (unpaired) electrons. The van der Waals surface area contributed by atoms with Crippen molar-refractivity contribution in [2.75, 3.05) is 0 Å². The maximum absolute atomic E-state index is 12.2. The molecule has 0 aliphatic rings. The molecular weight excluding hydrogens is 324 g/mol. The Labute approximate surface area is 143 Å². The lowest BCUT2D eigenvalue weighted by atomic mass is 10.1. The van der Waals surface area contributed by atoms with Crippen molar-refractivity contribution < 1.29 is 13.2 Å². The van der Waals surface area contributed by atoms with Crippen molar-refractivity contribution in [1.29, 1.82) is 0 Å². The summed E-state index contributed by atoms with van der Waals surface area (Å²) < 4.78 is 24.4. The molecular formula is C18H22N2O3S. The number of hydrogen-bond donors (Lipinski definition) is 2. The van der Waals surface area contributed by atoms with Crippen LogP contribution in [0.5, 0.6) is 0 Å². The zero-order valence-corrected chi connectivity index (χ0v) is 14.7. The number of carbonyl (C=O) groups excluding carboxylic acids is 1. The van der Waals surface area contributed by atoms with Crippen LogP contribution in [0.2, 0.25) is 0 Å². The van der Waals surface area contributed by atoms with Crippen molar-refractivity contribution in [2.24, 2.45) is 0 Å². The molecule has 2 rings (SSSR count). The first-order valence-electron chi connectivity index (χ1n) is 7.96. The third kappa shape index (κ3) is 4.66. The Bertz CT molecular complexity index is 782. The number of carbonyl (C=O) groups is 1. The fourth-order valence-electron chi connectivity index (χ4n) is 2.26. The van der Waals surface area contributed by atoms with Gasteiger partial charge in [0.2, 0.25) is 0 Å². The topological polar surface area (TPSA) is 75.3 Å². The van der Waals surface area contributed by atoms with Crippen LogP contribution in [-0.2, 0) is 22.9 Å². The highest BCUT2D eigenvalue weighted by Gasteiger charge is 2.15. The molecule has 2 N–H and O–H groups in total. The third-order valence-corrected chi connectivity index (χ3v) is 4.96. The van der Waals surface area contributed by atoms with E-state index in [9.17, 15) is 13.2 Å². The second-order valence-corrected chi connectivity index (χ2v) is 7.19. The minimum atomic E-state index is -3.79. The van der Waals surface area contributed by atoms with Crippen LogP contribution in [0.3, 0.4) is 0 Å². The Morgan fingerprint density at radius 1 is 0.917 bits per heavy atom. The van der Waals surface area contributed by atoms with Crippen molar-refractivity contribution >= 4 is 15.9 Å². The number of hydrazine groups is 1. The number of rotatable bonds is 7. The van der Waals surface area contributed by atoms with E-state index in [0.717, 1.165) is 30.4 Å². The highest BCUT2D eigenvalue weighted by atomic mass is 32.2. The van der Waals surface area contributed by atoms with Crippen molar-refractivity contribution in [3.8, 4) is 0 Å². The third-order valence-electron chi connectivity index (χ3n) is 3.70. The molecule has 2 aromatic carbocycles. The molecule has 0 saturated carbocycles. The van der Waals surface area contributed by atoms with Gasteiger partial charge in [-0.2, -0.15) is 0 Å². The van der Waals surface area contributed by atoms with E-state index < -0.39 is 15.9 Å². The smallest absolute Gasteiger partial charge is 0.266 e. The molecule has 0 saturated heterocycles. The Hall–Kier alpha value is -2.18. The second kappa shape index (κ2) is 8.08. The molecule has 0 aromatic heterocycles. The van der Waals surface area contributed by atoms with Gasteiger partial charge in [0.1, 0.15) is 0 Å². The maximum atomic E-state index is 12.2. The molecule has 0 aliphatic carbocycles. The van der Waals surface area contributed by atoms with Crippen LogP contribution >= 0.6 is 0 Å². The summed E-state index contributed by atoms with van der Waals surface area (Å²) in [4.78, 5) is 14.3. The monoisotopic (exact) mass is 346 g/mol. The van der Waals surface area contributed by atoms with Gasteiger partial charge in [0, 0.05) is 5.56 Å². The van der Waals surface area contributed by atoms with Gasteiger partial charge < -0.3 is 0 Å². The molecule has 0 spiro atoms. The normalized spacial score (nSPS) is 11.2. The lowest BCUT2D eigenvalue weighted by molar-refractivity contribution is 0.0945. The summed E-state index contributed by atoms with van der Waals surface area (Å²) in [7, 11) is -3.79. The predicted molar refractivity (Wildman–Crippen MR) is 94.0 cm³/mol. The van der Waals surface area contributed by atoms with Gasteiger partial charge in [0.25, 0.3) is 15.9 Å². The van der Waals surface area contributed by atoms with Gasteiger partial charge in [-0.3, -0.25) is 10.2 Å². The summed E-state index contributed by atoms with van der Waals surface area (Å²) in [6, 6.07) is 13.7. The molecule has 6 heteroatoms. The molecule has 128 valence electrons. The van der Waals surface area contributed by atoms with E-state index in [-0.39, 0.29) is 4.90 Å². The average molecular weight is 346 g/mol. The number of benzene rings is 2. The molecule has 0 atom stereocenters. The molecule has 0 fully saturated rings. The van der Waals surface area contributed by atoms with Crippen LogP contribution in [-0.4, -0.2) is 14.3 Å². The van der Waals surface area contributed by atoms with E-state index in [1.807, 2.05) is 19.1 Å². The summed E-state index contributed by atoms with van der Waals surface area (Å²) in [5.41, 5.74) is 4.83. The van der Waals surface area contributed by atoms with Gasteiger partial charge in [0.15, 0.2) is 0 Å². The van der Waals surface area contributed by atoms with E-state index in [1.165, 1.54) is 12.1 Å².